The zero-order valence-electron chi connectivity index (χ0n) is 10.2. The summed E-state index contributed by atoms with van der Waals surface area (Å²) < 4.78 is 10.8. The van der Waals surface area contributed by atoms with Gasteiger partial charge in [-0.05, 0) is 12.1 Å². The van der Waals surface area contributed by atoms with Crippen LogP contribution < -0.4 is 20.5 Å². The zero-order chi connectivity index (χ0) is 13.0. The fourth-order valence-corrected chi connectivity index (χ4v) is 1.44. The van der Waals surface area contributed by atoms with E-state index in [1.165, 1.54) is 0 Å². The van der Waals surface area contributed by atoms with E-state index in [2.05, 4.69) is 15.3 Å². The Balaban J connectivity index is 2.30. The van der Waals surface area contributed by atoms with Gasteiger partial charge in [-0.25, -0.2) is 0 Å². The maximum atomic E-state index is 5.63. The Morgan fingerprint density at radius 3 is 2.56 bits per heavy atom. The lowest BCUT2D eigenvalue weighted by molar-refractivity contribution is 0.374. The van der Waals surface area contributed by atoms with Crippen molar-refractivity contribution >= 4 is 11.8 Å². The molecule has 0 radical (unpaired) electrons. The van der Waals surface area contributed by atoms with E-state index < -0.39 is 0 Å². The third-order valence-electron chi connectivity index (χ3n) is 2.26. The first-order valence-electron chi connectivity index (χ1n) is 5.36. The minimum atomic E-state index is 0.145. The lowest BCUT2D eigenvalue weighted by atomic mass is 10.3. The number of nitrogen functional groups attached to an aromatic ring is 1. The van der Waals surface area contributed by atoms with Crippen LogP contribution in [0.1, 0.15) is 0 Å². The van der Waals surface area contributed by atoms with Crippen LogP contribution in [0.5, 0.6) is 17.4 Å². The van der Waals surface area contributed by atoms with Crippen molar-refractivity contribution in [3.8, 4) is 17.4 Å². The second-order valence-electron chi connectivity index (χ2n) is 3.45. The van der Waals surface area contributed by atoms with E-state index in [-0.39, 0.29) is 5.95 Å². The van der Waals surface area contributed by atoms with Crippen LogP contribution in [0, 0.1) is 0 Å². The average molecular weight is 246 g/mol. The molecule has 0 amide bonds. The summed E-state index contributed by atoms with van der Waals surface area (Å²) in [5.41, 5.74) is 5.59. The first-order chi connectivity index (χ1) is 8.72. The molecular formula is C12H14N4O2. The van der Waals surface area contributed by atoms with E-state index in [9.17, 15) is 0 Å². The summed E-state index contributed by atoms with van der Waals surface area (Å²) in [5, 5.41) is 2.88. The van der Waals surface area contributed by atoms with Crippen LogP contribution in [0.25, 0.3) is 0 Å². The molecule has 6 heteroatoms. The van der Waals surface area contributed by atoms with Gasteiger partial charge in [0.15, 0.2) is 11.5 Å². The Morgan fingerprint density at radius 2 is 1.89 bits per heavy atom. The maximum Gasteiger partial charge on any atom is 0.226 e. The number of benzene rings is 1. The van der Waals surface area contributed by atoms with Crippen molar-refractivity contribution in [3.63, 3.8) is 0 Å². The number of ether oxygens (including phenoxy) is 2. The molecule has 1 aromatic carbocycles. The molecule has 2 aromatic rings. The van der Waals surface area contributed by atoms with Gasteiger partial charge in [-0.2, -0.15) is 9.97 Å². The minimum Gasteiger partial charge on any atom is -0.493 e. The van der Waals surface area contributed by atoms with Crippen LogP contribution in [0.2, 0.25) is 0 Å². The number of nitrogens with zero attached hydrogens (tertiary/aromatic N) is 2. The number of para-hydroxylation sites is 2. The van der Waals surface area contributed by atoms with E-state index in [0.29, 0.717) is 23.2 Å². The SMILES string of the molecule is CNc1cc(Oc2ccccc2OC)nc(N)n1. The first-order valence-corrected chi connectivity index (χ1v) is 5.36. The molecule has 0 unspecified atom stereocenters. The average Bonchev–Trinajstić information content (AvgIpc) is 2.38. The van der Waals surface area contributed by atoms with Crippen molar-refractivity contribution in [3.05, 3.63) is 30.3 Å². The fraction of sp³-hybridized carbons (Fsp3) is 0.167. The number of hydrogen-bond donors (Lipinski definition) is 2. The molecule has 0 saturated heterocycles. The van der Waals surface area contributed by atoms with Gasteiger partial charge in [0.2, 0.25) is 11.8 Å². The molecule has 6 nitrogen and oxygen atoms in total. The number of anilines is 2. The molecule has 0 spiro atoms. The van der Waals surface area contributed by atoms with Crippen molar-refractivity contribution in [1.82, 2.24) is 9.97 Å². The predicted molar refractivity (Wildman–Crippen MR) is 69.1 cm³/mol. The van der Waals surface area contributed by atoms with Gasteiger partial charge >= 0.3 is 0 Å². The highest BCUT2D eigenvalue weighted by molar-refractivity contribution is 5.46. The number of rotatable bonds is 4. The van der Waals surface area contributed by atoms with Crippen molar-refractivity contribution in [2.45, 2.75) is 0 Å². The molecule has 1 aromatic heterocycles. The first kappa shape index (κ1) is 12.0. The molecule has 0 aliphatic heterocycles. The summed E-state index contributed by atoms with van der Waals surface area (Å²) >= 11 is 0. The predicted octanol–water partition coefficient (Wildman–Crippen LogP) is 1.90. The molecule has 2 rings (SSSR count). The van der Waals surface area contributed by atoms with Gasteiger partial charge in [-0.3, -0.25) is 0 Å². The smallest absolute Gasteiger partial charge is 0.226 e. The number of aromatic nitrogens is 2. The number of nitrogens with one attached hydrogen (secondary N) is 1. The third kappa shape index (κ3) is 2.60. The highest BCUT2D eigenvalue weighted by Crippen LogP contribution is 2.30. The Labute approximate surface area is 105 Å². The normalized spacial score (nSPS) is 9.89. The Bertz CT molecular complexity index is 545. The molecule has 0 atom stereocenters. The quantitative estimate of drug-likeness (QED) is 0.857. The second kappa shape index (κ2) is 5.22. The van der Waals surface area contributed by atoms with E-state index in [1.807, 2.05) is 12.1 Å². The zero-order valence-corrected chi connectivity index (χ0v) is 10.2. The molecule has 1 heterocycles. The van der Waals surface area contributed by atoms with Crippen molar-refractivity contribution in [2.75, 3.05) is 25.2 Å². The third-order valence-corrected chi connectivity index (χ3v) is 2.26. The van der Waals surface area contributed by atoms with Crippen molar-refractivity contribution in [1.29, 1.82) is 0 Å². The summed E-state index contributed by atoms with van der Waals surface area (Å²) in [6, 6.07) is 8.96. The van der Waals surface area contributed by atoms with Crippen LogP contribution >= 0.6 is 0 Å². The molecule has 18 heavy (non-hydrogen) atoms. The monoisotopic (exact) mass is 246 g/mol. The molecule has 3 N–H and O–H groups in total. The van der Waals surface area contributed by atoms with Gasteiger partial charge in [0.1, 0.15) is 5.82 Å². The minimum absolute atomic E-state index is 0.145. The van der Waals surface area contributed by atoms with Gasteiger partial charge in [0.25, 0.3) is 0 Å². The van der Waals surface area contributed by atoms with Gasteiger partial charge in [0, 0.05) is 13.1 Å². The van der Waals surface area contributed by atoms with Crippen LogP contribution in [0.15, 0.2) is 30.3 Å². The highest BCUT2D eigenvalue weighted by atomic mass is 16.5. The second-order valence-corrected chi connectivity index (χ2v) is 3.45. The lowest BCUT2D eigenvalue weighted by Gasteiger charge is -2.10. The van der Waals surface area contributed by atoms with E-state index in [1.54, 1.807) is 32.4 Å². The highest BCUT2D eigenvalue weighted by Gasteiger charge is 2.07. The standard InChI is InChI=1S/C12H14N4O2/c1-14-10-7-11(16-12(13)15-10)18-9-6-4-3-5-8(9)17-2/h3-7H,1-2H3,(H3,13,14,15,16). The van der Waals surface area contributed by atoms with Crippen molar-refractivity contribution < 1.29 is 9.47 Å². The number of nitrogens with two attached hydrogens (primary N) is 1. The van der Waals surface area contributed by atoms with Crippen LogP contribution in [-0.4, -0.2) is 24.1 Å². The molecule has 0 fully saturated rings. The van der Waals surface area contributed by atoms with Gasteiger partial charge < -0.3 is 20.5 Å². The number of hydrogen-bond acceptors (Lipinski definition) is 6. The van der Waals surface area contributed by atoms with Crippen molar-refractivity contribution in [2.24, 2.45) is 0 Å². The molecule has 0 aliphatic carbocycles. The Kier molecular flexibility index (Phi) is 3.47. The van der Waals surface area contributed by atoms with Gasteiger partial charge in [-0.1, -0.05) is 12.1 Å². The van der Waals surface area contributed by atoms with E-state index in [0.717, 1.165) is 0 Å². The van der Waals surface area contributed by atoms with Gasteiger partial charge in [-0.15, -0.1) is 0 Å². The van der Waals surface area contributed by atoms with Crippen LogP contribution in [0.3, 0.4) is 0 Å². The largest absolute Gasteiger partial charge is 0.493 e. The molecule has 0 saturated carbocycles. The topological polar surface area (TPSA) is 82.3 Å². The fourth-order valence-electron chi connectivity index (χ4n) is 1.44. The van der Waals surface area contributed by atoms with Gasteiger partial charge in [0.05, 0.1) is 7.11 Å². The molecule has 0 aliphatic rings. The van der Waals surface area contributed by atoms with E-state index >= 15 is 0 Å². The summed E-state index contributed by atoms with van der Waals surface area (Å²) in [6.07, 6.45) is 0. The van der Waals surface area contributed by atoms with Crippen LogP contribution in [0.4, 0.5) is 11.8 Å². The molecular weight excluding hydrogens is 232 g/mol. The number of methoxy groups -OCH3 is 1. The molecule has 0 bridgehead atoms. The summed E-state index contributed by atoms with van der Waals surface area (Å²) in [4.78, 5) is 7.98. The summed E-state index contributed by atoms with van der Waals surface area (Å²) in [6.45, 7) is 0. The molecule has 94 valence electrons. The lowest BCUT2D eigenvalue weighted by Crippen LogP contribution is -2.01. The van der Waals surface area contributed by atoms with E-state index in [4.69, 9.17) is 15.2 Å². The van der Waals surface area contributed by atoms with Crippen LogP contribution in [-0.2, 0) is 0 Å². The Morgan fingerprint density at radius 1 is 1.17 bits per heavy atom. The Hall–Kier alpha value is -2.50. The summed E-state index contributed by atoms with van der Waals surface area (Å²) in [7, 11) is 3.32. The summed E-state index contributed by atoms with van der Waals surface area (Å²) in [5.74, 6) is 2.29. The maximum absolute atomic E-state index is 5.63.